The number of hydrogen-bond donors (Lipinski definition) is 1. The molecule has 28 heavy (non-hydrogen) atoms. The van der Waals surface area contributed by atoms with E-state index in [2.05, 4.69) is 5.32 Å². The molecule has 0 saturated heterocycles. The highest BCUT2D eigenvalue weighted by Crippen LogP contribution is 2.22. The van der Waals surface area contributed by atoms with Crippen LogP contribution in [-0.4, -0.2) is 29.6 Å². The van der Waals surface area contributed by atoms with Crippen molar-refractivity contribution in [3.05, 3.63) is 71.9 Å². The molecule has 0 aliphatic heterocycles. The Hall–Kier alpha value is -3.08. The van der Waals surface area contributed by atoms with Crippen molar-refractivity contribution in [1.82, 2.24) is 9.88 Å². The van der Waals surface area contributed by atoms with Crippen molar-refractivity contribution in [3.8, 4) is 0 Å². The van der Waals surface area contributed by atoms with E-state index in [1.807, 2.05) is 79.1 Å². The molecule has 0 saturated carbocycles. The number of carbonyl (C=O) groups excluding carboxylic acids is 2. The molecule has 0 spiro atoms. The topological polar surface area (TPSA) is 60.3 Å². The van der Waals surface area contributed by atoms with Crippen LogP contribution in [0, 0.1) is 5.92 Å². The van der Waals surface area contributed by atoms with Gasteiger partial charge in [0.2, 0.25) is 0 Å². The number of para-hydroxylation sites is 1. The van der Waals surface area contributed by atoms with Gasteiger partial charge in [-0.2, -0.15) is 0 Å². The van der Waals surface area contributed by atoms with Gasteiger partial charge in [-0.05, 0) is 30.0 Å². The molecule has 3 rings (SSSR count). The summed E-state index contributed by atoms with van der Waals surface area (Å²) in [5.41, 5.74) is 2.61. The first kappa shape index (κ1) is 19.7. The normalized spacial score (nSPS) is 12.1. The molecule has 1 N–H and O–H groups in total. The van der Waals surface area contributed by atoms with Crippen LogP contribution in [0.3, 0.4) is 0 Å². The van der Waals surface area contributed by atoms with Gasteiger partial charge in [-0.3, -0.25) is 4.79 Å². The van der Waals surface area contributed by atoms with Gasteiger partial charge in [0.25, 0.3) is 5.91 Å². The molecule has 146 valence electrons. The van der Waals surface area contributed by atoms with Crippen molar-refractivity contribution in [2.75, 3.05) is 7.11 Å². The third-order valence-corrected chi connectivity index (χ3v) is 4.72. The molecule has 5 heteroatoms. The average molecular weight is 378 g/mol. The van der Waals surface area contributed by atoms with Gasteiger partial charge in [0.1, 0.15) is 11.7 Å². The van der Waals surface area contributed by atoms with E-state index in [0.29, 0.717) is 18.7 Å². The van der Waals surface area contributed by atoms with E-state index in [1.54, 1.807) is 0 Å². The minimum Gasteiger partial charge on any atom is -0.467 e. The van der Waals surface area contributed by atoms with Crippen LogP contribution >= 0.6 is 0 Å². The molecule has 0 radical (unpaired) electrons. The molecule has 0 fully saturated rings. The largest absolute Gasteiger partial charge is 0.467 e. The molecular weight excluding hydrogens is 352 g/mol. The molecule has 1 heterocycles. The van der Waals surface area contributed by atoms with Crippen molar-refractivity contribution >= 4 is 22.8 Å². The average Bonchev–Trinajstić information content (AvgIpc) is 3.06. The number of benzene rings is 2. The first-order valence-electron chi connectivity index (χ1n) is 9.50. The Morgan fingerprint density at radius 2 is 1.71 bits per heavy atom. The van der Waals surface area contributed by atoms with Crippen LogP contribution in [0.1, 0.15) is 36.3 Å². The first-order chi connectivity index (χ1) is 13.5. The number of aromatic nitrogens is 1. The van der Waals surface area contributed by atoms with Crippen LogP contribution in [0.5, 0.6) is 0 Å². The summed E-state index contributed by atoms with van der Waals surface area (Å²) in [7, 11) is 1.34. The van der Waals surface area contributed by atoms with E-state index in [-0.39, 0.29) is 11.8 Å². The van der Waals surface area contributed by atoms with Crippen molar-refractivity contribution < 1.29 is 14.3 Å². The number of nitrogens with zero attached hydrogens (tertiary/aromatic N) is 1. The Labute approximate surface area is 165 Å². The number of nitrogens with one attached hydrogen (secondary N) is 1. The summed E-state index contributed by atoms with van der Waals surface area (Å²) < 4.78 is 6.86. The van der Waals surface area contributed by atoms with E-state index in [9.17, 15) is 9.59 Å². The number of fused-ring (bicyclic) bond motifs is 1. The molecular formula is C23H26N2O3. The Morgan fingerprint density at radius 1 is 1.04 bits per heavy atom. The van der Waals surface area contributed by atoms with E-state index < -0.39 is 12.0 Å². The minimum atomic E-state index is -0.666. The van der Waals surface area contributed by atoms with Crippen molar-refractivity contribution in [1.29, 1.82) is 0 Å². The summed E-state index contributed by atoms with van der Waals surface area (Å²) in [5, 5.41) is 3.86. The summed E-state index contributed by atoms with van der Waals surface area (Å²) in [5.74, 6) is -0.449. The summed E-state index contributed by atoms with van der Waals surface area (Å²) in [4.78, 5) is 25.2. The zero-order valence-electron chi connectivity index (χ0n) is 16.5. The molecule has 1 atom stereocenters. The van der Waals surface area contributed by atoms with Crippen molar-refractivity contribution in [2.45, 2.75) is 32.9 Å². The van der Waals surface area contributed by atoms with Crippen molar-refractivity contribution in [2.24, 2.45) is 5.92 Å². The first-order valence-corrected chi connectivity index (χ1v) is 9.50. The van der Waals surface area contributed by atoms with E-state index in [4.69, 9.17) is 4.74 Å². The predicted molar refractivity (Wildman–Crippen MR) is 110 cm³/mol. The molecule has 1 aromatic heterocycles. The fourth-order valence-corrected chi connectivity index (χ4v) is 3.39. The van der Waals surface area contributed by atoms with Crippen LogP contribution in [0.15, 0.2) is 60.7 Å². The molecule has 0 aliphatic rings. The van der Waals surface area contributed by atoms with Crippen LogP contribution in [0.25, 0.3) is 10.9 Å². The Balaban J connectivity index is 1.95. The highest BCUT2D eigenvalue weighted by molar-refractivity contribution is 6.00. The quantitative estimate of drug-likeness (QED) is 0.632. The third kappa shape index (κ3) is 4.42. The van der Waals surface area contributed by atoms with Gasteiger partial charge in [-0.15, -0.1) is 0 Å². The van der Waals surface area contributed by atoms with Gasteiger partial charge >= 0.3 is 5.97 Å². The number of rotatable bonds is 7. The number of carbonyl (C=O) groups is 2. The number of methoxy groups -OCH3 is 1. The zero-order chi connectivity index (χ0) is 20.1. The lowest BCUT2D eigenvalue weighted by Gasteiger charge is -2.19. The van der Waals surface area contributed by atoms with E-state index in [1.165, 1.54) is 7.11 Å². The van der Waals surface area contributed by atoms with E-state index >= 15 is 0 Å². The van der Waals surface area contributed by atoms with Crippen LogP contribution in [-0.2, 0) is 16.1 Å². The van der Waals surface area contributed by atoms with Crippen LogP contribution < -0.4 is 5.32 Å². The summed E-state index contributed by atoms with van der Waals surface area (Å²) in [6, 6.07) is 19.1. The van der Waals surface area contributed by atoms with Gasteiger partial charge in [0.15, 0.2) is 0 Å². The van der Waals surface area contributed by atoms with Gasteiger partial charge in [0.05, 0.1) is 7.11 Å². The Bertz CT molecular complexity index is 960. The summed E-state index contributed by atoms with van der Waals surface area (Å²) in [6.07, 6.45) is 0.525. The number of esters is 1. The Morgan fingerprint density at radius 3 is 2.39 bits per heavy atom. The Kier molecular flexibility index (Phi) is 6.14. The lowest BCUT2D eigenvalue weighted by molar-refractivity contribution is -0.143. The molecule has 0 aliphatic carbocycles. The van der Waals surface area contributed by atoms with Crippen LogP contribution in [0.2, 0.25) is 0 Å². The summed E-state index contributed by atoms with van der Waals surface area (Å²) in [6.45, 7) is 4.59. The highest BCUT2D eigenvalue weighted by Gasteiger charge is 2.25. The smallest absolute Gasteiger partial charge is 0.328 e. The van der Waals surface area contributed by atoms with Crippen molar-refractivity contribution in [3.63, 3.8) is 0 Å². The molecule has 2 aromatic carbocycles. The summed E-state index contributed by atoms with van der Waals surface area (Å²) >= 11 is 0. The number of amides is 1. The van der Waals surface area contributed by atoms with Gasteiger partial charge in [0, 0.05) is 17.4 Å². The fourth-order valence-electron chi connectivity index (χ4n) is 3.39. The maximum Gasteiger partial charge on any atom is 0.328 e. The van der Waals surface area contributed by atoms with E-state index in [0.717, 1.165) is 16.5 Å². The molecule has 3 aromatic rings. The predicted octanol–water partition coefficient (Wildman–Crippen LogP) is 4.01. The second kappa shape index (κ2) is 8.74. The lowest BCUT2D eigenvalue weighted by atomic mass is 10.0. The third-order valence-electron chi connectivity index (χ3n) is 4.72. The van der Waals surface area contributed by atoms with Gasteiger partial charge < -0.3 is 14.6 Å². The number of hydrogen-bond acceptors (Lipinski definition) is 3. The minimum absolute atomic E-state index is 0.250. The molecule has 1 amide bonds. The standard InChI is InChI=1S/C23H26N2O3/c1-16(2)13-19(23(27)28-3)24-22(26)21-14-18-11-7-8-12-20(18)25(21)15-17-9-5-4-6-10-17/h4-12,14,16,19H,13,15H2,1-3H3,(H,24,26)/t19-/m0/s1. The second-order valence-corrected chi connectivity index (χ2v) is 7.34. The zero-order valence-corrected chi connectivity index (χ0v) is 16.5. The van der Waals surface area contributed by atoms with Crippen LogP contribution in [0.4, 0.5) is 0 Å². The lowest BCUT2D eigenvalue weighted by Crippen LogP contribution is -2.43. The van der Waals surface area contributed by atoms with Gasteiger partial charge in [-0.1, -0.05) is 62.4 Å². The van der Waals surface area contributed by atoms with Gasteiger partial charge in [-0.25, -0.2) is 4.79 Å². The monoisotopic (exact) mass is 378 g/mol. The maximum atomic E-state index is 13.1. The molecule has 0 bridgehead atoms. The fraction of sp³-hybridized carbons (Fsp3) is 0.304. The second-order valence-electron chi connectivity index (χ2n) is 7.34. The molecule has 5 nitrogen and oxygen atoms in total. The SMILES string of the molecule is COC(=O)[C@H](CC(C)C)NC(=O)c1cc2ccccc2n1Cc1ccccc1. The molecule has 0 unspecified atom stereocenters. The highest BCUT2D eigenvalue weighted by atomic mass is 16.5. The number of ether oxygens (including phenoxy) is 1. The maximum absolute atomic E-state index is 13.1.